The Bertz CT molecular complexity index is 586. The average molecular weight is 256 g/mol. The van der Waals surface area contributed by atoms with E-state index in [2.05, 4.69) is 27.9 Å². The predicted molar refractivity (Wildman–Crippen MR) is 78.2 cm³/mol. The van der Waals surface area contributed by atoms with Gasteiger partial charge in [0.2, 0.25) is 0 Å². The minimum atomic E-state index is 0.247. The number of aryl methyl sites for hydroxylation is 1. The van der Waals surface area contributed by atoms with E-state index in [9.17, 15) is 0 Å². The second-order valence-corrected chi connectivity index (χ2v) is 5.63. The molecule has 3 heterocycles. The highest BCUT2D eigenvalue weighted by atomic mass is 15.2. The van der Waals surface area contributed by atoms with Crippen LogP contribution in [0.2, 0.25) is 0 Å². The van der Waals surface area contributed by atoms with E-state index in [-0.39, 0.29) is 6.04 Å². The molecule has 2 aromatic rings. The van der Waals surface area contributed by atoms with Gasteiger partial charge in [-0.25, -0.2) is 0 Å². The zero-order chi connectivity index (χ0) is 13.4. The highest BCUT2D eigenvalue weighted by molar-refractivity contribution is 5.92. The van der Waals surface area contributed by atoms with E-state index in [0.29, 0.717) is 5.92 Å². The Kier molecular flexibility index (Phi) is 3.11. The van der Waals surface area contributed by atoms with Crippen LogP contribution in [0.4, 0.5) is 5.69 Å². The summed E-state index contributed by atoms with van der Waals surface area (Å²) in [6.45, 7) is 6.21. The molecule has 100 valence electrons. The van der Waals surface area contributed by atoms with Crippen molar-refractivity contribution in [2.75, 3.05) is 18.0 Å². The van der Waals surface area contributed by atoms with E-state index in [4.69, 9.17) is 5.73 Å². The van der Waals surface area contributed by atoms with Crippen molar-refractivity contribution in [3.05, 3.63) is 30.2 Å². The highest BCUT2D eigenvalue weighted by Crippen LogP contribution is 2.29. The third kappa shape index (κ3) is 2.28. The van der Waals surface area contributed by atoms with Crippen LogP contribution in [0.3, 0.4) is 0 Å². The topological polar surface area (TPSA) is 55.0 Å². The van der Waals surface area contributed by atoms with Crippen LogP contribution in [-0.4, -0.2) is 29.1 Å². The largest absolute Gasteiger partial charge is 0.368 e. The lowest BCUT2D eigenvalue weighted by Gasteiger charge is -2.36. The number of aromatic nitrogens is 2. The maximum atomic E-state index is 6.15. The first kappa shape index (κ1) is 12.4. The van der Waals surface area contributed by atoms with Gasteiger partial charge in [-0.1, -0.05) is 6.92 Å². The first-order valence-corrected chi connectivity index (χ1v) is 6.86. The molecule has 1 aliphatic rings. The summed E-state index contributed by atoms with van der Waals surface area (Å²) in [5, 5.41) is 1.18. The number of nitrogens with two attached hydrogens (primary N) is 1. The van der Waals surface area contributed by atoms with E-state index in [1.807, 2.05) is 25.4 Å². The molecule has 0 bridgehead atoms. The van der Waals surface area contributed by atoms with Crippen molar-refractivity contribution in [2.24, 2.45) is 11.7 Å². The molecule has 3 rings (SSSR count). The minimum Gasteiger partial charge on any atom is -0.368 e. The second-order valence-electron chi connectivity index (χ2n) is 5.63. The average Bonchev–Trinajstić information content (AvgIpc) is 2.38. The van der Waals surface area contributed by atoms with Gasteiger partial charge >= 0.3 is 0 Å². The minimum absolute atomic E-state index is 0.247. The fraction of sp³-hybridized carbons (Fsp3) is 0.467. The molecule has 0 radical (unpaired) electrons. The molecule has 0 saturated carbocycles. The van der Waals surface area contributed by atoms with Gasteiger partial charge in [0.25, 0.3) is 0 Å². The van der Waals surface area contributed by atoms with Crippen LogP contribution in [0.1, 0.15) is 19.0 Å². The van der Waals surface area contributed by atoms with Crippen molar-refractivity contribution < 1.29 is 0 Å². The summed E-state index contributed by atoms with van der Waals surface area (Å²) in [6, 6.07) is 4.35. The molecule has 1 saturated heterocycles. The molecule has 19 heavy (non-hydrogen) atoms. The smallest absolute Gasteiger partial charge is 0.0935 e. The summed E-state index contributed by atoms with van der Waals surface area (Å²) in [5.41, 5.74) is 9.28. The number of hydrogen-bond acceptors (Lipinski definition) is 4. The lowest BCUT2D eigenvalue weighted by molar-refractivity contribution is 0.402. The molecular formula is C15H20N4. The molecule has 0 aromatic carbocycles. The second kappa shape index (κ2) is 4.78. The maximum Gasteiger partial charge on any atom is 0.0935 e. The maximum absolute atomic E-state index is 6.15. The monoisotopic (exact) mass is 256 g/mol. The molecule has 0 aliphatic carbocycles. The molecule has 2 unspecified atom stereocenters. The predicted octanol–water partition coefficient (Wildman–Crippen LogP) is 2.11. The molecule has 0 amide bonds. The Morgan fingerprint density at radius 1 is 1.32 bits per heavy atom. The van der Waals surface area contributed by atoms with E-state index >= 15 is 0 Å². The van der Waals surface area contributed by atoms with Crippen molar-refractivity contribution in [1.82, 2.24) is 9.97 Å². The van der Waals surface area contributed by atoms with Gasteiger partial charge in [0.1, 0.15) is 0 Å². The number of piperidine rings is 1. The van der Waals surface area contributed by atoms with Crippen molar-refractivity contribution in [2.45, 2.75) is 26.3 Å². The summed E-state index contributed by atoms with van der Waals surface area (Å²) in [6.07, 6.45) is 4.89. The first-order chi connectivity index (χ1) is 9.15. The molecule has 1 aliphatic heterocycles. The Balaban J connectivity index is 2.07. The normalized spacial score (nSPS) is 23.8. The van der Waals surface area contributed by atoms with Crippen LogP contribution in [0.25, 0.3) is 10.9 Å². The zero-order valence-corrected chi connectivity index (χ0v) is 11.5. The molecular weight excluding hydrogens is 236 g/mol. The van der Waals surface area contributed by atoms with E-state index in [1.54, 1.807) is 0 Å². The van der Waals surface area contributed by atoms with Crippen LogP contribution in [0, 0.1) is 12.8 Å². The quantitative estimate of drug-likeness (QED) is 0.849. The highest BCUT2D eigenvalue weighted by Gasteiger charge is 2.24. The number of anilines is 1. The van der Waals surface area contributed by atoms with Crippen LogP contribution in [-0.2, 0) is 0 Å². The van der Waals surface area contributed by atoms with Gasteiger partial charge in [-0.3, -0.25) is 9.97 Å². The number of pyridine rings is 2. The lowest BCUT2D eigenvalue weighted by atomic mass is 9.96. The first-order valence-electron chi connectivity index (χ1n) is 6.86. The van der Waals surface area contributed by atoms with Crippen LogP contribution in [0.5, 0.6) is 0 Å². The summed E-state index contributed by atoms with van der Waals surface area (Å²) < 4.78 is 0. The number of fused-ring (bicyclic) bond motifs is 1. The number of rotatable bonds is 1. The Morgan fingerprint density at radius 2 is 2.16 bits per heavy atom. The van der Waals surface area contributed by atoms with Gasteiger partial charge in [0.05, 0.1) is 23.1 Å². The molecule has 1 fully saturated rings. The number of nitrogens with zero attached hydrogens (tertiary/aromatic N) is 3. The fourth-order valence-corrected chi connectivity index (χ4v) is 3.04. The number of hydrogen-bond donors (Lipinski definition) is 1. The fourth-order valence-electron chi connectivity index (χ4n) is 3.04. The Labute approximate surface area is 113 Å². The molecule has 4 heteroatoms. The summed E-state index contributed by atoms with van der Waals surface area (Å²) in [7, 11) is 0. The Hall–Kier alpha value is -1.68. The van der Waals surface area contributed by atoms with Gasteiger partial charge in [-0.05, 0) is 31.4 Å². The van der Waals surface area contributed by atoms with Gasteiger partial charge in [0, 0.05) is 30.7 Å². The standard InChI is InChI=1S/C15H20N4/c1-10-6-12(16)9-19(8-10)14-7-18-11(2)15-13(14)4-3-5-17-15/h3-5,7,10,12H,6,8-9,16H2,1-2H3. The summed E-state index contributed by atoms with van der Waals surface area (Å²) in [5.74, 6) is 0.622. The molecule has 2 N–H and O–H groups in total. The van der Waals surface area contributed by atoms with E-state index in [0.717, 1.165) is 36.4 Å². The SMILES string of the molecule is Cc1ncc(N2CC(C)CC(N)C2)c2cccnc12. The van der Waals surface area contributed by atoms with Crippen LogP contribution >= 0.6 is 0 Å². The van der Waals surface area contributed by atoms with E-state index < -0.39 is 0 Å². The van der Waals surface area contributed by atoms with Crippen molar-refractivity contribution in [1.29, 1.82) is 0 Å². The van der Waals surface area contributed by atoms with Gasteiger partial charge in [0.15, 0.2) is 0 Å². The van der Waals surface area contributed by atoms with Gasteiger partial charge in [-0.15, -0.1) is 0 Å². The van der Waals surface area contributed by atoms with Crippen molar-refractivity contribution in [3.63, 3.8) is 0 Å². The van der Waals surface area contributed by atoms with Crippen LogP contribution in [0.15, 0.2) is 24.5 Å². The third-order valence-corrected chi connectivity index (χ3v) is 3.84. The van der Waals surface area contributed by atoms with Gasteiger partial charge in [-0.2, -0.15) is 0 Å². The molecule has 2 atom stereocenters. The molecule has 4 nitrogen and oxygen atoms in total. The van der Waals surface area contributed by atoms with Crippen LogP contribution < -0.4 is 10.6 Å². The third-order valence-electron chi connectivity index (χ3n) is 3.84. The van der Waals surface area contributed by atoms with Crippen molar-refractivity contribution in [3.8, 4) is 0 Å². The Morgan fingerprint density at radius 3 is 2.95 bits per heavy atom. The molecule has 2 aromatic heterocycles. The van der Waals surface area contributed by atoms with E-state index in [1.165, 1.54) is 5.39 Å². The molecule has 0 spiro atoms. The van der Waals surface area contributed by atoms with Crippen molar-refractivity contribution >= 4 is 16.6 Å². The van der Waals surface area contributed by atoms with Gasteiger partial charge < -0.3 is 10.6 Å². The summed E-state index contributed by atoms with van der Waals surface area (Å²) >= 11 is 0. The zero-order valence-electron chi connectivity index (χ0n) is 11.5. The lowest BCUT2D eigenvalue weighted by Crippen LogP contribution is -2.46. The summed E-state index contributed by atoms with van der Waals surface area (Å²) in [4.78, 5) is 11.3.